The summed E-state index contributed by atoms with van der Waals surface area (Å²) in [6, 6.07) is 0.619. The number of hydrogen-bond acceptors (Lipinski definition) is 5. The summed E-state index contributed by atoms with van der Waals surface area (Å²) in [5, 5.41) is 1.06. The van der Waals surface area contributed by atoms with E-state index in [4.69, 9.17) is 0 Å². The van der Waals surface area contributed by atoms with Gasteiger partial charge in [-0.2, -0.15) is 0 Å². The lowest BCUT2D eigenvalue weighted by atomic mass is 10.0. The molecule has 0 saturated carbocycles. The van der Waals surface area contributed by atoms with Gasteiger partial charge in [-0.15, -0.1) is 11.3 Å². The van der Waals surface area contributed by atoms with Gasteiger partial charge in [0.1, 0.15) is 5.69 Å². The van der Waals surface area contributed by atoms with Gasteiger partial charge in [0.05, 0.1) is 0 Å². The maximum absolute atomic E-state index is 11.8. The highest BCUT2D eigenvalue weighted by molar-refractivity contribution is 7.16. The average molecular weight is 279 g/mol. The Morgan fingerprint density at radius 2 is 1.89 bits per heavy atom. The van der Waals surface area contributed by atoms with Crippen molar-refractivity contribution in [2.45, 2.75) is 39.2 Å². The lowest BCUT2D eigenvalue weighted by Gasteiger charge is -2.36. The van der Waals surface area contributed by atoms with Crippen LogP contribution in [0.4, 0.5) is 5.13 Å². The molecule has 2 heterocycles. The summed E-state index contributed by atoms with van der Waals surface area (Å²) in [6.07, 6.45) is 2.70. The van der Waals surface area contributed by atoms with Crippen LogP contribution in [-0.4, -0.2) is 47.9 Å². The van der Waals surface area contributed by atoms with Crippen LogP contribution in [-0.2, 0) is 6.42 Å². The van der Waals surface area contributed by atoms with E-state index < -0.39 is 0 Å². The maximum Gasteiger partial charge on any atom is 0.186 e. The standard InChI is InChI=1S/C14H21N3OS/c1-10(2)16-6-8-17(9-7-16)14-15-13-11(18)4-3-5-12(13)19-14/h10H,3-9H2,1-2H3. The molecule has 5 heteroatoms. The number of thiazole rings is 1. The lowest BCUT2D eigenvalue weighted by Crippen LogP contribution is -2.48. The van der Waals surface area contributed by atoms with Crippen LogP contribution in [0.5, 0.6) is 0 Å². The Kier molecular flexibility index (Phi) is 3.58. The van der Waals surface area contributed by atoms with Gasteiger partial charge in [-0.05, 0) is 26.7 Å². The van der Waals surface area contributed by atoms with Gasteiger partial charge in [-0.3, -0.25) is 9.69 Å². The number of aromatic nitrogens is 1. The quantitative estimate of drug-likeness (QED) is 0.831. The topological polar surface area (TPSA) is 36.4 Å². The van der Waals surface area contributed by atoms with E-state index in [1.165, 1.54) is 4.88 Å². The Hall–Kier alpha value is -0.940. The molecule has 1 aromatic heterocycles. The number of carbonyl (C=O) groups excluding carboxylic acids is 1. The minimum absolute atomic E-state index is 0.240. The molecule has 0 N–H and O–H groups in total. The third kappa shape index (κ3) is 2.54. The van der Waals surface area contributed by atoms with Gasteiger partial charge in [-0.1, -0.05) is 0 Å². The van der Waals surface area contributed by atoms with Crippen molar-refractivity contribution in [3.63, 3.8) is 0 Å². The summed E-state index contributed by atoms with van der Waals surface area (Å²) in [5.41, 5.74) is 0.762. The molecule has 1 aliphatic carbocycles. The molecular weight excluding hydrogens is 258 g/mol. The number of ketones is 1. The molecule has 0 spiro atoms. The number of aryl methyl sites for hydroxylation is 1. The number of anilines is 1. The number of piperazine rings is 1. The van der Waals surface area contributed by atoms with Gasteiger partial charge in [0.25, 0.3) is 0 Å². The molecule has 19 heavy (non-hydrogen) atoms. The maximum atomic E-state index is 11.8. The van der Waals surface area contributed by atoms with E-state index in [1.54, 1.807) is 11.3 Å². The van der Waals surface area contributed by atoms with Gasteiger partial charge in [-0.25, -0.2) is 4.98 Å². The first-order valence-corrected chi connectivity index (χ1v) is 7.98. The van der Waals surface area contributed by atoms with E-state index in [9.17, 15) is 4.79 Å². The third-order valence-corrected chi connectivity index (χ3v) is 5.25. The molecule has 0 atom stereocenters. The average Bonchev–Trinajstić information content (AvgIpc) is 2.84. The Bertz CT molecular complexity index is 475. The highest BCUT2D eigenvalue weighted by Crippen LogP contribution is 2.32. The summed E-state index contributed by atoms with van der Waals surface area (Å²) in [6.45, 7) is 8.73. The Labute approximate surface area is 118 Å². The van der Waals surface area contributed by atoms with Crippen LogP contribution in [0.1, 0.15) is 42.1 Å². The van der Waals surface area contributed by atoms with Crippen molar-refractivity contribution in [2.75, 3.05) is 31.1 Å². The number of Topliss-reactive ketones (excluding diaryl/α,β-unsaturated/α-hetero) is 1. The minimum Gasteiger partial charge on any atom is -0.346 e. The van der Waals surface area contributed by atoms with Crippen LogP contribution in [0.25, 0.3) is 0 Å². The SMILES string of the molecule is CC(C)N1CCN(c2nc3c(s2)CCCC3=O)CC1. The third-order valence-electron chi connectivity index (χ3n) is 4.07. The lowest BCUT2D eigenvalue weighted by molar-refractivity contribution is 0.0968. The molecule has 104 valence electrons. The second-order valence-corrected chi connectivity index (χ2v) is 6.72. The molecule has 0 aromatic carbocycles. The summed E-state index contributed by atoms with van der Waals surface area (Å²) >= 11 is 1.73. The smallest absolute Gasteiger partial charge is 0.186 e. The van der Waals surface area contributed by atoms with Crippen molar-refractivity contribution < 1.29 is 4.79 Å². The second-order valence-electron chi connectivity index (χ2n) is 5.66. The van der Waals surface area contributed by atoms with Crippen molar-refractivity contribution in [2.24, 2.45) is 0 Å². The van der Waals surface area contributed by atoms with Gasteiger partial charge in [0.15, 0.2) is 10.9 Å². The zero-order valence-corrected chi connectivity index (χ0v) is 12.5. The van der Waals surface area contributed by atoms with Crippen molar-refractivity contribution in [3.05, 3.63) is 10.6 Å². The zero-order chi connectivity index (χ0) is 13.4. The monoisotopic (exact) mass is 279 g/mol. The highest BCUT2D eigenvalue weighted by atomic mass is 32.1. The molecule has 1 aromatic rings. The van der Waals surface area contributed by atoms with Gasteiger partial charge >= 0.3 is 0 Å². The molecule has 1 aliphatic heterocycles. The van der Waals surface area contributed by atoms with Gasteiger partial charge in [0, 0.05) is 43.5 Å². The minimum atomic E-state index is 0.240. The molecular formula is C14H21N3OS. The predicted octanol–water partition coefficient (Wildman–Crippen LogP) is 2.19. The largest absolute Gasteiger partial charge is 0.346 e. The van der Waals surface area contributed by atoms with Crippen molar-refractivity contribution >= 4 is 22.3 Å². The van der Waals surface area contributed by atoms with E-state index in [-0.39, 0.29) is 5.78 Å². The first-order chi connectivity index (χ1) is 9.15. The second kappa shape index (κ2) is 5.21. The van der Waals surface area contributed by atoms with E-state index >= 15 is 0 Å². The van der Waals surface area contributed by atoms with E-state index in [0.717, 1.165) is 49.8 Å². The van der Waals surface area contributed by atoms with Crippen LogP contribution in [0.2, 0.25) is 0 Å². The Morgan fingerprint density at radius 1 is 1.16 bits per heavy atom. The normalized spacial score (nSPS) is 21.0. The van der Waals surface area contributed by atoms with Crippen LogP contribution in [0, 0.1) is 0 Å². The summed E-state index contributed by atoms with van der Waals surface area (Å²) < 4.78 is 0. The van der Waals surface area contributed by atoms with Crippen LogP contribution < -0.4 is 4.90 Å². The van der Waals surface area contributed by atoms with Gasteiger partial charge < -0.3 is 4.90 Å². The Morgan fingerprint density at radius 3 is 2.53 bits per heavy atom. The van der Waals surface area contributed by atoms with Crippen molar-refractivity contribution in [1.29, 1.82) is 0 Å². The van der Waals surface area contributed by atoms with Crippen LogP contribution >= 0.6 is 11.3 Å². The van der Waals surface area contributed by atoms with Crippen molar-refractivity contribution in [3.8, 4) is 0 Å². The fourth-order valence-electron chi connectivity index (χ4n) is 2.82. The fraction of sp³-hybridized carbons (Fsp3) is 0.714. The molecule has 2 aliphatic rings. The molecule has 0 radical (unpaired) electrons. The van der Waals surface area contributed by atoms with Crippen LogP contribution in [0.15, 0.2) is 0 Å². The molecule has 0 bridgehead atoms. The highest BCUT2D eigenvalue weighted by Gasteiger charge is 2.26. The Balaban J connectivity index is 1.72. The summed E-state index contributed by atoms with van der Waals surface area (Å²) in [5.74, 6) is 0.240. The molecule has 0 unspecified atom stereocenters. The first kappa shape index (κ1) is 13.1. The molecule has 1 saturated heterocycles. The number of carbonyl (C=O) groups is 1. The molecule has 3 rings (SSSR count). The summed E-state index contributed by atoms with van der Waals surface area (Å²) in [4.78, 5) is 22.5. The number of nitrogens with zero attached hydrogens (tertiary/aromatic N) is 3. The van der Waals surface area contributed by atoms with Crippen LogP contribution in [0.3, 0.4) is 0 Å². The number of fused-ring (bicyclic) bond motifs is 1. The molecule has 1 fully saturated rings. The van der Waals surface area contributed by atoms with E-state index in [0.29, 0.717) is 12.5 Å². The molecule has 0 amide bonds. The van der Waals surface area contributed by atoms with E-state index in [2.05, 4.69) is 28.6 Å². The molecule has 4 nitrogen and oxygen atoms in total. The van der Waals surface area contributed by atoms with E-state index in [1.807, 2.05) is 0 Å². The number of rotatable bonds is 2. The first-order valence-electron chi connectivity index (χ1n) is 7.17. The fourth-order valence-corrected chi connectivity index (χ4v) is 3.99. The van der Waals surface area contributed by atoms with Gasteiger partial charge in [0.2, 0.25) is 0 Å². The zero-order valence-electron chi connectivity index (χ0n) is 11.7. The predicted molar refractivity (Wildman–Crippen MR) is 78.3 cm³/mol. The number of hydrogen-bond donors (Lipinski definition) is 0. The van der Waals surface area contributed by atoms with Crippen molar-refractivity contribution in [1.82, 2.24) is 9.88 Å². The summed E-state index contributed by atoms with van der Waals surface area (Å²) in [7, 11) is 0.